The lowest BCUT2D eigenvalue weighted by molar-refractivity contribution is 0.255. The molecule has 98 valence electrons. The summed E-state index contributed by atoms with van der Waals surface area (Å²) < 4.78 is 0. The van der Waals surface area contributed by atoms with Gasteiger partial charge in [-0.1, -0.05) is 56.1 Å². The van der Waals surface area contributed by atoms with Crippen molar-refractivity contribution in [2.45, 2.75) is 20.8 Å². The highest BCUT2D eigenvalue weighted by atomic mass is 35.5. The summed E-state index contributed by atoms with van der Waals surface area (Å²) in [5.41, 5.74) is 0.492. The van der Waals surface area contributed by atoms with Gasteiger partial charge in [0.1, 0.15) is 0 Å². The van der Waals surface area contributed by atoms with Gasteiger partial charge < -0.3 is 10.6 Å². The Balaban J connectivity index is 2.61. The zero-order valence-electron chi connectivity index (χ0n) is 10.6. The Morgan fingerprint density at radius 2 is 1.94 bits per heavy atom. The molecule has 0 bridgehead atoms. The lowest BCUT2D eigenvalue weighted by Crippen LogP contribution is -2.24. The number of rotatable bonds is 2. The van der Waals surface area contributed by atoms with Gasteiger partial charge in [-0.3, -0.25) is 0 Å². The molecular weight excluding hydrogens is 271 g/mol. The number of hydrogen-bond acceptors (Lipinski definition) is 1. The number of allylic oxidation sites excluding steroid dienone is 1. The first-order valence-corrected chi connectivity index (χ1v) is 6.24. The van der Waals surface area contributed by atoms with Gasteiger partial charge in [-0.15, -0.1) is 0 Å². The van der Waals surface area contributed by atoms with Gasteiger partial charge in [0, 0.05) is 6.20 Å². The van der Waals surface area contributed by atoms with Crippen molar-refractivity contribution >= 4 is 34.9 Å². The SMILES string of the molecule is CC(C)(C)/C=C/NC(=O)Nc1cccc(Cl)c1Cl. The Morgan fingerprint density at radius 3 is 2.56 bits per heavy atom. The molecule has 1 aromatic carbocycles. The minimum absolute atomic E-state index is 0.0149. The number of carbonyl (C=O) groups is 1. The summed E-state index contributed by atoms with van der Waals surface area (Å²) in [5, 5.41) is 5.95. The molecule has 0 aromatic heterocycles. The minimum Gasteiger partial charge on any atom is -0.315 e. The summed E-state index contributed by atoms with van der Waals surface area (Å²) in [6.45, 7) is 6.12. The van der Waals surface area contributed by atoms with E-state index in [9.17, 15) is 4.79 Å². The molecule has 1 aromatic rings. The van der Waals surface area contributed by atoms with E-state index in [1.807, 2.05) is 26.8 Å². The van der Waals surface area contributed by atoms with Crippen LogP contribution in [0.15, 0.2) is 30.5 Å². The average molecular weight is 287 g/mol. The van der Waals surface area contributed by atoms with Gasteiger partial charge in [-0.25, -0.2) is 4.79 Å². The van der Waals surface area contributed by atoms with Crippen LogP contribution in [0, 0.1) is 5.41 Å². The monoisotopic (exact) mass is 286 g/mol. The third-order valence-corrected chi connectivity index (χ3v) is 2.82. The maximum Gasteiger partial charge on any atom is 0.323 e. The van der Waals surface area contributed by atoms with Gasteiger partial charge in [-0.05, 0) is 17.5 Å². The van der Waals surface area contributed by atoms with Crippen LogP contribution in [0.2, 0.25) is 10.0 Å². The van der Waals surface area contributed by atoms with Crippen LogP contribution in [-0.4, -0.2) is 6.03 Å². The molecule has 2 N–H and O–H groups in total. The third-order valence-electron chi connectivity index (χ3n) is 2.00. The number of carbonyl (C=O) groups excluding carboxylic acids is 1. The number of nitrogens with one attached hydrogen (secondary N) is 2. The van der Waals surface area contributed by atoms with Crippen molar-refractivity contribution < 1.29 is 4.79 Å². The molecule has 0 aliphatic rings. The van der Waals surface area contributed by atoms with E-state index >= 15 is 0 Å². The minimum atomic E-state index is -0.361. The zero-order chi connectivity index (χ0) is 13.8. The van der Waals surface area contributed by atoms with Crippen LogP contribution in [0.5, 0.6) is 0 Å². The molecule has 0 aliphatic heterocycles. The van der Waals surface area contributed by atoms with Crippen molar-refractivity contribution in [3.63, 3.8) is 0 Å². The molecule has 5 heteroatoms. The molecule has 3 nitrogen and oxygen atoms in total. The molecule has 0 fully saturated rings. The number of anilines is 1. The number of halogens is 2. The first kappa shape index (κ1) is 14.9. The topological polar surface area (TPSA) is 41.1 Å². The highest BCUT2D eigenvalue weighted by Crippen LogP contribution is 2.29. The lowest BCUT2D eigenvalue weighted by Gasteiger charge is -2.11. The second-order valence-corrected chi connectivity index (χ2v) is 5.68. The molecule has 2 amide bonds. The fourth-order valence-electron chi connectivity index (χ4n) is 1.13. The van der Waals surface area contributed by atoms with Gasteiger partial charge in [0.25, 0.3) is 0 Å². The van der Waals surface area contributed by atoms with Gasteiger partial charge in [0.2, 0.25) is 0 Å². The fraction of sp³-hybridized carbons (Fsp3) is 0.308. The van der Waals surface area contributed by atoms with E-state index in [1.165, 1.54) is 0 Å². The van der Waals surface area contributed by atoms with Crippen molar-refractivity contribution in [3.8, 4) is 0 Å². The zero-order valence-corrected chi connectivity index (χ0v) is 12.1. The van der Waals surface area contributed by atoms with Crippen LogP contribution in [0.3, 0.4) is 0 Å². The number of benzene rings is 1. The number of amides is 2. The summed E-state index contributed by atoms with van der Waals surface area (Å²) in [6.07, 6.45) is 3.50. The molecule has 0 saturated heterocycles. The Morgan fingerprint density at radius 1 is 1.28 bits per heavy atom. The van der Waals surface area contributed by atoms with E-state index in [0.29, 0.717) is 15.7 Å². The van der Waals surface area contributed by atoms with Gasteiger partial charge >= 0.3 is 6.03 Å². The fourth-order valence-corrected chi connectivity index (χ4v) is 1.47. The number of urea groups is 1. The third kappa shape index (κ3) is 4.98. The second-order valence-electron chi connectivity index (χ2n) is 4.90. The van der Waals surface area contributed by atoms with Crippen molar-refractivity contribution in [1.29, 1.82) is 0 Å². The van der Waals surface area contributed by atoms with Crippen molar-refractivity contribution in [2.75, 3.05) is 5.32 Å². The maximum atomic E-state index is 11.6. The van der Waals surface area contributed by atoms with Crippen LogP contribution in [0.4, 0.5) is 10.5 Å². The summed E-state index contributed by atoms with van der Waals surface area (Å²) in [5.74, 6) is 0. The van der Waals surface area contributed by atoms with E-state index in [4.69, 9.17) is 23.2 Å². The van der Waals surface area contributed by atoms with E-state index in [1.54, 1.807) is 24.4 Å². The van der Waals surface area contributed by atoms with Gasteiger partial charge in [-0.2, -0.15) is 0 Å². The molecule has 0 atom stereocenters. The highest BCUT2D eigenvalue weighted by molar-refractivity contribution is 6.43. The largest absolute Gasteiger partial charge is 0.323 e. The van der Waals surface area contributed by atoms with Crippen molar-refractivity contribution in [2.24, 2.45) is 5.41 Å². The second kappa shape index (κ2) is 6.12. The Bertz CT molecular complexity index is 465. The van der Waals surface area contributed by atoms with E-state index in [2.05, 4.69) is 10.6 Å². The predicted molar refractivity (Wildman–Crippen MR) is 77.2 cm³/mol. The standard InChI is InChI=1S/C13H16Cl2N2O/c1-13(2,3)7-8-16-12(18)17-10-6-4-5-9(14)11(10)15/h4-8H,1-3H3,(H2,16,17,18)/b8-7+. The summed E-state index contributed by atoms with van der Waals surface area (Å²) >= 11 is 11.8. The van der Waals surface area contributed by atoms with E-state index < -0.39 is 0 Å². The van der Waals surface area contributed by atoms with Crippen LogP contribution < -0.4 is 10.6 Å². The van der Waals surface area contributed by atoms with E-state index in [0.717, 1.165) is 0 Å². The highest BCUT2D eigenvalue weighted by Gasteiger charge is 2.07. The van der Waals surface area contributed by atoms with Crippen molar-refractivity contribution in [1.82, 2.24) is 5.32 Å². The summed E-state index contributed by atoms with van der Waals surface area (Å²) in [6, 6.07) is 4.70. The Hall–Kier alpha value is -1.19. The van der Waals surface area contributed by atoms with Crippen LogP contribution >= 0.6 is 23.2 Å². The Labute approximate surface area is 117 Å². The van der Waals surface area contributed by atoms with Crippen LogP contribution in [0.25, 0.3) is 0 Å². The average Bonchev–Trinajstić information content (AvgIpc) is 2.23. The first-order chi connectivity index (χ1) is 8.29. The summed E-state index contributed by atoms with van der Waals surface area (Å²) in [4.78, 5) is 11.6. The van der Waals surface area contributed by atoms with Crippen molar-refractivity contribution in [3.05, 3.63) is 40.5 Å². The molecule has 1 rings (SSSR count). The normalized spacial score (nSPS) is 11.6. The maximum absolute atomic E-state index is 11.6. The lowest BCUT2D eigenvalue weighted by atomic mass is 9.97. The smallest absolute Gasteiger partial charge is 0.315 e. The molecule has 0 aliphatic carbocycles. The molecule has 0 radical (unpaired) electrons. The first-order valence-electron chi connectivity index (χ1n) is 5.49. The van der Waals surface area contributed by atoms with Crippen LogP contribution in [-0.2, 0) is 0 Å². The van der Waals surface area contributed by atoms with Crippen LogP contribution in [0.1, 0.15) is 20.8 Å². The van der Waals surface area contributed by atoms with E-state index in [-0.39, 0.29) is 11.4 Å². The van der Waals surface area contributed by atoms with Gasteiger partial charge in [0.15, 0.2) is 0 Å². The Kier molecular flexibility index (Phi) is 5.05. The molecule has 0 heterocycles. The molecule has 0 saturated carbocycles. The number of hydrogen-bond donors (Lipinski definition) is 2. The molecule has 0 unspecified atom stereocenters. The molecular formula is C13H16Cl2N2O. The molecule has 18 heavy (non-hydrogen) atoms. The molecule has 0 spiro atoms. The predicted octanol–water partition coefficient (Wildman–Crippen LogP) is 4.67. The van der Waals surface area contributed by atoms with Gasteiger partial charge in [0.05, 0.1) is 15.7 Å². The quantitative estimate of drug-likeness (QED) is 0.815. The summed E-state index contributed by atoms with van der Waals surface area (Å²) in [7, 11) is 0.